The fourth-order valence-electron chi connectivity index (χ4n) is 1.09. The topological polar surface area (TPSA) is 82.4 Å². The highest BCUT2D eigenvalue weighted by Gasteiger charge is 2.07. The number of nitrogens with zero attached hydrogens (tertiary/aromatic N) is 1. The van der Waals surface area contributed by atoms with Gasteiger partial charge in [0.2, 0.25) is 0 Å². The molecule has 0 saturated heterocycles. The number of hydrogen-bond acceptors (Lipinski definition) is 4. The van der Waals surface area contributed by atoms with Gasteiger partial charge >= 0.3 is 0 Å². The van der Waals surface area contributed by atoms with Crippen LogP contribution in [-0.2, 0) is 11.4 Å². The van der Waals surface area contributed by atoms with Gasteiger partial charge in [0.05, 0.1) is 12.7 Å². The van der Waals surface area contributed by atoms with Crippen LogP contribution in [0.4, 0.5) is 4.39 Å². The molecule has 0 fully saturated rings. The Morgan fingerprint density at radius 1 is 1.59 bits per heavy atom. The van der Waals surface area contributed by atoms with E-state index in [1.807, 2.05) is 0 Å². The smallest absolute Gasteiger partial charge is 0.258 e. The molecule has 0 heterocycles. The van der Waals surface area contributed by atoms with Crippen LogP contribution in [0.15, 0.2) is 18.2 Å². The summed E-state index contributed by atoms with van der Waals surface area (Å²) in [4.78, 5) is 11.1. The SMILES string of the molecule is N#CCNC(=O)COc1ccc(CO)cc1F. The predicted molar refractivity (Wildman–Crippen MR) is 56.4 cm³/mol. The highest BCUT2D eigenvalue weighted by Crippen LogP contribution is 2.18. The third-order valence-corrected chi connectivity index (χ3v) is 1.90. The van der Waals surface area contributed by atoms with E-state index in [2.05, 4.69) is 5.32 Å². The van der Waals surface area contributed by atoms with Gasteiger partial charge in [0.1, 0.15) is 6.54 Å². The van der Waals surface area contributed by atoms with E-state index in [0.717, 1.165) is 6.07 Å². The molecule has 0 unspecified atom stereocenters. The zero-order chi connectivity index (χ0) is 12.7. The number of rotatable bonds is 5. The molecule has 1 aromatic rings. The second-order valence-electron chi connectivity index (χ2n) is 3.15. The van der Waals surface area contributed by atoms with Crippen molar-refractivity contribution in [3.05, 3.63) is 29.6 Å². The first-order chi connectivity index (χ1) is 8.17. The molecule has 0 aliphatic carbocycles. The number of aliphatic hydroxyl groups is 1. The number of amides is 1. The van der Waals surface area contributed by atoms with Gasteiger partial charge in [0.15, 0.2) is 18.2 Å². The average Bonchev–Trinajstić information content (AvgIpc) is 2.34. The number of aliphatic hydroxyl groups excluding tert-OH is 1. The summed E-state index contributed by atoms with van der Waals surface area (Å²) in [5.41, 5.74) is 0.420. The zero-order valence-corrected chi connectivity index (χ0v) is 8.94. The van der Waals surface area contributed by atoms with E-state index >= 15 is 0 Å². The number of halogens is 1. The number of carbonyl (C=O) groups excluding carboxylic acids is 1. The van der Waals surface area contributed by atoms with Crippen LogP contribution in [0.5, 0.6) is 5.75 Å². The summed E-state index contributed by atoms with van der Waals surface area (Å²) >= 11 is 0. The van der Waals surface area contributed by atoms with Crippen LogP contribution in [0, 0.1) is 17.1 Å². The molecular formula is C11H11FN2O3. The predicted octanol–water partition coefficient (Wildman–Crippen LogP) is 0.337. The van der Waals surface area contributed by atoms with Crippen LogP contribution in [0.25, 0.3) is 0 Å². The fourth-order valence-corrected chi connectivity index (χ4v) is 1.09. The van der Waals surface area contributed by atoms with Gasteiger partial charge in [0.25, 0.3) is 5.91 Å². The maximum atomic E-state index is 13.3. The number of ether oxygens (including phenoxy) is 1. The van der Waals surface area contributed by atoms with Gasteiger partial charge in [-0.25, -0.2) is 4.39 Å². The first kappa shape index (κ1) is 12.9. The van der Waals surface area contributed by atoms with Crippen molar-refractivity contribution in [1.82, 2.24) is 5.32 Å². The van der Waals surface area contributed by atoms with Gasteiger partial charge in [-0.15, -0.1) is 0 Å². The van der Waals surface area contributed by atoms with Crippen molar-refractivity contribution in [1.29, 1.82) is 5.26 Å². The van der Waals surface area contributed by atoms with Crippen molar-refractivity contribution in [3.8, 4) is 11.8 Å². The Balaban J connectivity index is 2.52. The molecule has 0 aliphatic heterocycles. The summed E-state index contributed by atoms with van der Waals surface area (Å²) in [6.07, 6.45) is 0. The largest absolute Gasteiger partial charge is 0.481 e. The minimum absolute atomic E-state index is 0.0747. The van der Waals surface area contributed by atoms with Gasteiger partial charge < -0.3 is 15.2 Å². The molecule has 0 spiro atoms. The monoisotopic (exact) mass is 238 g/mol. The molecule has 6 heteroatoms. The Morgan fingerprint density at radius 2 is 2.35 bits per heavy atom. The highest BCUT2D eigenvalue weighted by atomic mass is 19.1. The first-order valence-corrected chi connectivity index (χ1v) is 4.83. The van der Waals surface area contributed by atoms with E-state index in [1.54, 1.807) is 6.07 Å². The second-order valence-corrected chi connectivity index (χ2v) is 3.15. The number of nitrogens with one attached hydrogen (secondary N) is 1. The fraction of sp³-hybridized carbons (Fsp3) is 0.273. The van der Waals surface area contributed by atoms with E-state index < -0.39 is 11.7 Å². The quantitative estimate of drug-likeness (QED) is 0.724. The first-order valence-electron chi connectivity index (χ1n) is 4.83. The van der Waals surface area contributed by atoms with Gasteiger partial charge in [-0.05, 0) is 17.7 Å². The van der Waals surface area contributed by atoms with Crippen LogP contribution in [0.2, 0.25) is 0 Å². The lowest BCUT2D eigenvalue weighted by Gasteiger charge is -2.07. The number of carbonyl (C=O) groups is 1. The molecule has 0 radical (unpaired) electrons. The number of benzene rings is 1. The van der Waals surface area contributed by atoms with E-state index in [9.17, 15) is 9.18 Å². The maximum absolute atomic E-state index is 13.3. The molecule has 90 valence electrons. The Hall–Kier alpha value is -2.13. The molecule has 5 nitrogen and oxygen atoms in total. The third-order valence-electron chi connectivity index (χ3n) is 1.90. The van der Waals surface area contributed by atoms with Crippen molar-refractivity contribution in [2.24, 2.45) is 0 Å². The van der Waals surface area contributed by atoms with Crippen LogP contribution in [0.1, 0.15) is 5.56 Å². The molecular weight excluding hydrogens is 227 g/mol. The van der Waals surface area contributed by atoms with Gasteiger partial charge in [-0.2, -0.15) is 5.26 Å². The summed E-state index contributed by atoms with van der Waals surface area (Å²) in [6, 6.07) is 5.68. The van der Waals surface area contributed by atoms with Crippen molar-refractivity contribution >= 4 is 5.91 Å². The lowest BCUT2D eigenvalue weighted by molar-refractivity contribution is -0.122. The highest BCUT2D eigenvalue weighted by molar-refractivity contribution is 5.77. The molecule has 0 aliphatic rings. The van der Waals surface area contributed by atoms with Gasteiger partial charge in [0, 0.05) is 0 Å². The third kappa shape index (κ3) is 4.09. The van der Waals surface area contributed by atoms with E-state index in [0.29, 0.717) is 5.56 Å². The van der Waals surface area contributed by atoms with E-state index in [-0.39, 0.29) is 25.5 Å². The minimum Gasteiger partial charge on any atom is -0.481 e. The molecule has 0 bridgehead atoms. The van der Waals surface area contributed by atoms with E-state index in [1.165, 1.54) is 12.1 Å². The number of nitriles is 1. The summed E-state index contributed by atoms with van der Waals surface area (Å²) in [5.74, 6) is -1.23. The van der Waals surface area contributed by atoms with Crippen LogP contribution < -0.4 is 10.1 Å². The summed E-state index contributed by atoms with van der Waals surface area (Å²) in [5, 5.41) is 19.2. The van der Waals surface area contributed by atoms with Crippen LogP contribution >= 0.6 is 0 Å². The Bertz CT molecular complexity index is 443. The van der Waals surface area contributed by atoms with Crippen molar-refractivity contribution in [3.63, 3.8) is 0 Å². The van der Waals surface area contributed by atoms with Gasteiger partial charge in [-0.1, -0.05) is 6.07 Å². The lowest BCUT2D eigenvalue weighted by Crippen LogP contribution is -2.29. The zero-order valence-electron chi connectivity index (χ0n) is 8.94. The molecule has 0 saturated carbocycles. The molecule has 1 aromatic carbocycles. The van der Waals surface area contributed by atoms with Gasteiger partial charge in [-0.3, -0.25) is 4.79 Å². The van der Waals surface area contributed by atoms with Crippen molar-refractivity contribution in [2.45, 2.75) is 6.61 Å². The normalized spacial score (nSPS) is 9.47. The molecule has 2 N–H and O–H groups in total. The van der Waals surface area contributed by atoms with Crippen molar-refractivity contribution in [2.75, 3.05) is 13.2 Å². The molecule has 0 aromatic heterocycles. The summed E-state index contributed by atoms with van der Waals surface area (Å²) in [7, 11) is 0. The molecule has 1 amide bonds. The Labute approximate surface area is 97.4 Å². The molecule has 17 heavy (non-hydrogen) atoms. The molecule has 1 rings (SSSR count). The van der Waals surface area contributed by atoms with Crippen molar-refractivity contribution < 1.29 is 19.0 Å². The Kier molecular flexibility index (Phi) is 4.91. The summed E-state index contributed by atoms with van der Waals surface area (Å²) in [6.45, 7) is -0.745. The standard InChI is InChI=1S/C11H11FN2O3/c12-9-5-8(6-15)1-2-10(9)17-7-11(16)14-4-3-13/h1-2,5,15H,4,6-7H2,(H,14,16). The Morgan fingerprint density at radius 3 is 2.94 bits per heavy atom. The lowest BCUT2D eigenvalue weighted by atomic mass is 10.2. The summed E-state index contributed by atoms with van der Waals surface area (Å²) < 4.78 is 18.2. The van der Waals surface area contributed by atoms with Crippen LogP contribution in [-0.4, -0.2) is 24.2 Å². The number of hydrogen-bond donors (Lipinski definition) is 2. The van der Waals surface area contributed by atoms with E-state index in [4.69, 9.17) is 15.1 Å². The molecule has 0 atom stereocenters. The second kappa shape index (κ2) is 6.45. The van der Waals surface area contributed by atoms with Crippen LogP contribution in [0.3, 0.4) is 0 Å². The average molecular weight is 238 g/mol. The minimum atomic E-state index is -0.648. The maximum Gasteiger partial charge on any atom is 0.258 e.